The van der Waals surface area contributed by atoms with Crippen molar-refractivity contribution in [1.82, 2.24) is 4.98 Å². The highest BCUT2D eigenvalue weighted by atomic mass is 16.4. The van der Waals surface area contributed by atoms with Crippen LogP contribution in [0.3, 0.4) is 0 Å². The fourth-order valence-corrected chi connectivity index (χ4v) is 1.47. The highest BCUT2D eigenvalue weighted by molar-refractivity contribution is 5.95. The molecule has 0 unspecified atom stereocenters. The van der Waals surface area contributed by atoms with Crippen molar-refractivity contribution in [1.29, 1.82) is 0 Å². The van der Waals surface area contributed by atoms with E-state index >= 15 is 0 Å². The third-order valence-electron chi connectivity index (χ3n) is 2.24. The van der Waals surface area contributed by atoms with E-state index in [1.54, 1.807) is 6.07 Å². The zero-order valence-corrected chi connectivity index (χ0v) is 8.31. The zero-order chi connectivity index (χ0) is 11.5. The van der Waals surface area contributed by atoms with Crippen molar-refractivity contribution in [3.63, 3.8) is 0 Å². The highest BCUT2D eigenvalue weighted by Crippen LogP contribution is 2.18. The molecular formula is C11H10N2O3. The van der Waals surface area contributed by atoms with Crippen molar-refractivity contribution in [2.24, 2.45) is 0 Å². The smallest absolute Gasteiger partial charge is 0.333 e. The number of benzene rings is 1. The second kappa shape index (κ2) is 4.06. The van der Waals surface area contributed by atoms with E-state index in [0.717, 1.165) is 10.9 Å². The number of nitrogens with one attached hydrogen (secondary N) is 2. The summed E-state index contributed by atoms with van der Waals surface area (Å²) in [5.41, 5.74) is 0.889. The van der Waals surface area contributed by atoms with Gasteiger partial charge in [-0.25, -0.2) is 4.79 Å². The zero-order valence-electron chi connectivity index (χ0n) is 8.31. The molecule has 0 fully saturated rings. The number of fused-ring (bicyclic) bond motifs is 1. The number of carbonyl (C=O) groups is 2. The first-order valence-corrected chi connectivity index (χ1v) is 4.73. The quantitative estimate of drug-likeness (QED) is 0.532. The number of rotatable bonds is 4. The van der Waals surface area contributed by atoms with Crippen LogP contribution in [-0.2, 0) is 9.59 Å². The van der Waals surface area contributed by atoms with Gasteiger partial charge in [0.2, 0.25) is 0 Å². The number of carboxylic acids is 1. The van der Waals surface area contributed by atoms with Crippen LogP contribution in [0.5, 0.6) is 0 Å². The summed E-state index contributed by atoms with van der Waals surface area (Å²) in [7, 11) is 0. The van der Waals surface area contributed by atoms with Gasteiger partial charge in [0.25, 0.3) is 0 Å². The molecule has 2 aromatic rings. The largest absolute Gasteiger partial charge is 0.479 e. The van der Waals surface area contributed by atoms with Crippen molar-refractivity contribution in [3.05, 3.63) is 30.3 Å². The third kappa shape index (κ3) is 1.88. The predicted molar refractivity (Wildman–Crippen MR) is 59.4 cm³/mol. The van der Waals surface area contributed by atoms with Gasteiger partial charge in [-0.2, -0.15) is 0 Å². The summed E-state index contributed by atoms with van der Waals surface area (Å²) in [6.07, 6.45) is 0.355. The SMILES string of the molecule is O=C[C@H](Nc1cc2ccccc2[nH]1)C(=O)O. The van der Waals surface area contributed by atoms with E-state index in [2.05, 4.69) is 10.3 Å². The average molecular weight is 218 g/mol. The first-order chi connectivity index (χ1) is 7.70. The van der Waals surface area contributed by atoms with E-state index < -0.39 is 12.0 Å². The summed E-state index contributed by atoms with van der Waals surface area (Å²) in [6, 6.07) is 8.05. The van der Waals surface area contributed by atoms with Crippen molar-refractivity contribution in [3.8, 4) is 0 Å². The fourth-order valence-electron chi connectivity index (χ4n) is 1.47. The monoisotopic (exact) mass is 218 g/mol. The summed E-state index contributed by atoms with van der Waals surface area (Å²) in [6.45, 7) is 0. The van der Waals surface area contributed by atoms with E-state index in [1.807, 2.05) is 24.3 Å². The Balaban J connectivity index is 2.27. The van der Waals surface area contributed by atoms with Gasteiger partial charge in [-0.1, -0.05) is 18.2 Å². The van der Waals surface area contributed by atoms with Crippen LogP contribution >= 0.6 is 0 Å². The molecule has 1 heterocycles. The molecule has 0 saturated heterocycles. The van der Waals surface area contributed by atoms with Gasteiger partial charge in [-0.3, -0.25) is 0 Å². The number of carboxylic acid groups (broad SMARTS) is 1. The molecule has 5 heteroatoms. The van der Waals surface area contributed by atoms with Crippen LogP contribution in [0.1, 0.15) is 0 Å². The van der Waals surface area contributed by atoms with Crippen molar-refractivity contribution < 1.29 is 14.7 Å². The summed E-state index contributed by atoms with van der Waals surface area (Å²) >= 11 is 0. The molecule has 0 spiro atoms. The highest BCUT2D eigenvalue weighted by Gasteiger charge is 2.16. The van der Waals surface area contributed by atoms with Gasteiger partial charge in [-0.15, -0.1) is 0 Å². The molecular weight excluding hydrogens is 208 g/mol. The van der Waals surface area contributed by atoms with Crippen LogP contribution in [0, 0.1) is 0 Å². The van der Waals surface area contributed by atoms with Crippen LogP contribution in [0.15, 0.2) is 30.3 Å². The molecule has 0 aliphatic carbocycles. The van der Waals surface area contributed by atoms with Crippen molar-refractivity contribution >= 4 is 29.0 Å². The first-order valence-electron chi connectivity index (χ1n) is 4.73. The molecule has 0 aliphatic heterocycles. The summed E-state index contributed by atoms with van der Waals surface area (Å²) in [5.74, 6) is -0.686. The normalized spacial score (nSPS) is 12.2. The second-order valence-corrected chi connectivity index (χ2v) is 3.37. The van der Waals surface area contributed by atoms with Crippen LogP contribution in [0.25, 0.3) is 10.9 Å². The Labute approximate surface area is 91.1 Å². The van der Waals surface area contributed by atoms with E-state index in [9.17, 15) is 9.59 Å². The number of aliphatic carboxylic acids is 1. The molecule has 0 amide bonds. The Hall–Kier alpha value is -2.30. The maximum Gasteiger partial charge on any atom is 0.333 e. The van der Waals surface area contributed by atoms with E-state index in [0.29, 0.717) is 12.1 Å². The molecule has 5 nitrogen and oxygen atoms in total. The summed E-state index contributed by atoms with van der Waals surface area (Å²) < 4.78 is 0. The maximum atomic E-state index is 10.6. The van der Waals surface area contributed by atoms with Gasteiger partial charge in [0.05, 0.1) is 0 Å². The van der Waals surface area contributed by atoms with Gasteiger partial charge in [0, 0.05) is 10.9 Å². The minimum atomic E-state index is -1.23. The molecule has 16 heavy (non-hydrogen) atoms. The number of hydrogen-bond donors (Lipinski definition) is 3. The fraction of sp³-hybridized carbons (Fsp3) is 0.0909. The molecule has 3 N–H and O–H groups in total. The number of anilines is 1. The van der Waals surface area contributed by atoms with Crippen molar-refractivity contribution in [2.45, 2.75) is 6.04 Å². The summed E-state index contributed by atoms with van der Waals surface area (Å²) in [5, 5.41) is 12.3. The predicted octanol–water partition coefficient (Wildman–Crippen LogP) is 1.23. The number of carbonyl (C=O) groups excluding carboxylic acids is 1. The molecule has 0 radical (unpaired) electrons. The van der Waals surface area contributed by atoms with Gasteiger partial charge >= 0.3 is 5.97 Å². The summed E-state index contributed by atoms with van der Waals surface area (Å²) in [4.78, 5) is 24.1. The molecule has 0 saturated carbocycles. The average Bonchev–Trinajstić information content (AvgIpc) is 2.67. The lowest BCUT2D eigenvalue weighted by atomic mass is 10.2. The molecule has 1 atom stereocenters. The number of aldehydes is 1. The molecule has 1 aromatic carbocycles. The van der Waals surface area contributed by atoms with Crippen LogP contribution in [-0.4, -0.2) is 28.4 Å². The first kappa shape index (κ1) is 10.2. The topological polar surface area (TPSA) is 82.2 Å². The van der Waals surface area contributed by atoms with Crippen LogP contribution < -0.4 is 5.32 Å². The number of aromatic amines is 1. The third-order valence-corrected chi connectivity index (χ3v) is 2.24. The lowest BCUT2D eigenvalue weighted by Crippen LogP contribution is -2.30. The van der Waals surface area contributed by atoms with E-state index in [-0.39, 0.29) is 0 Å². The Morgan fingerprint density at radius 2 is 2.19 bits per heavy atom. The second-order valence-electron chi connectivity index (χ2n) is 3.37. The lowest BCUT2D eigenvalue weighted by Gasteiger charge is -2.06. The van der Waals surface area contributed by atoms with Gasteiger partial charge in [-0.05, 0) is 12.1 Å². The molecule has 82 valence electrons. The number of para-hydroxylation sites is 1. The number of H-pyrrole nitrogens is 1. The van der Waals surface area contributed by atoms with Crippen LogP contribution in [0.4, 0.5) is 5.82 Å². The van der Waals surface area contributed by atoms with Gasteiger partial charge < -0.3 is 20.2 Å². The standard InChI is InChI=1S/C11H10N2O3/c14-6-9(11(15)16)13-10-5-7-3-1-2-4-8(7)12-10/h1-6,9,12-13H,(H,15,16)/t9-/m0/s1. The van der Waals surface area contributed by atoms with E-state index in [4.69, 9.17) is 5.11 Å². The molecule has 0 aliphatic rings. The molecule has 1 aromatic heterocycles. The van der Waals surface area contributed by atoms with Crippen molar-refractivity contribution in [2.75, 3.05) is 5.32 Å². The van der Waals surface area contributed by atoms with Gasteiger partial charge in [0.15, 0.2) is 12.3 Å². The number of aromatic nitrogens is 1. The maximum absolute atomic E-state index is 10.6. The molecule has 2 rings (SSSR count). The van der Waals surface area contributed by atoms with E-state index in [1.165, 1.54) is 0 Å². The van der Waals surface area contributed by atoms with Gasteiger partial charge in [0.1, 0.15) is 5.82 Å². The molecule has 0 bridgehead atoms. The Morgan fingerprint density at radius 3 is 2.81 bits per heavy atom. The minimum absolute atomic E-state index is 0.355. The minimum Gasteiger partial charge on any atom is -0.479 e. The number of hydrogen-bond acceptors (Lipinski definition) is 3. The lowest BCUT2D eigenvalue weighted by molar-refractivity contribution is -0.139. The Morgan fingerprint density at radius 1 is 1.44 bits per heavy atom. The Bertz CT molecular complexity index is 500. The van der Waals surface area contributed by atoms with Crippen LogP contribution in [0.2, 0.25) is 0 Å². The Kier molecular flexibility index (Phi) is 2.59.